The van der Waals surface area contributed by atoms with Crippen molar-refractivity contribution in [2.24, 2.45) is 11.7 Å². The van der Waals surface area contributed by atoms with Gasteiger partial charge in [0.05, 0.1) is 4.92 Å². The summed E-state index contributed by atoms with van der Waals surface area (Å²) in [4.78, 5) is 10.2. The summed E-state index contributed by atoms with van der Waals surface area (Å²) in [5, 5.41) is 10.6. The molecule has 1 aromatic carbocycles. The summed E-state index contributed by atoms with van der Waals surface area (Å²) in [5.74, 6) is 1.01. The van der Waals surface area contributed by atoms with Crippen LogP contribution >= 0.6 is 0 Å². The van der Waals surface area contributed by atoms with Crippen LogP contribution < -0.4 is 5.73 Å². The fourth-order valence-corrected chi connectivity index (χ4v) is 2.77. The molecule has 0 spiro atoms. The fraction of sp³-hybridized carbons (Fsp3) is 0.538. The third kappa shape index (κ3) is 2.64. The molecule has 0 aromatic heterocycles. The van der Waals surface area contributed by atoms with E-state index in [1.807, 2.05) is 12.1 Å². The van der Waals surface area contributed by atoms with Crippen molar-refractivity contribution < 1.29 is 4.92 Å². The topological polar surface area (TPSA) is 69.2 Å². The average Bonchev–Trinajstić information content (AvgIpc) is 2.39. The van der Waals surface area contributed by atoms with Crippen molar-refractivity contribution in [3.8, 4) is 0 Å². The Hall–Kier alpha value is -1.42. The highest BCUT2D eigenvalue weighted by Crippen LogP contribution is 2.37. The number of nitrogens with zero attached hydrogens (tertiary/aromatic N) is 1. The van der Waals surface area contributed by atoms with Crippen molar-refractivity contribution in [3.63, 3.8) is 0 Å². The molecular formula is C13H18N2O2. The second-order valence-corrected chi connectivity index (χ2v) is 4.74. The Balaban J connectivity index is 2.17. The second kappa shape index (κ2) is 5.27. The number of benzene rings is 1. The fourth-order valence-electron chi connectivity index (χ4n) is 2.77. The van der Waals surface area contributed by atoms with Gasteiger partial charge in [-0.25, -0.2) is 0 Å². The Morgan fingerprint density at radius 1 is 1.24 bits per heavy atom. The van der Waals surface area contributed by atoms with E-state index in [2.05, 4.69) is 0 Å². The lowest BCUT2D eigenvalue weighted by Gasteiger charge is -2.30. The van der Waals surface area contributed by atoms with E-state index in [1.165, 1.54) is 24.8 Å². The van der Waals surface area contributed by atoms with Crippen LogP contribution in [0.15, 0.2) is 24.3 Å². The summed E-state index contributed by atoms with van der Waals surface area (Å²) >= 11 is 0. The maximum atomic E-state index is 10.6. The van der Waals surface area contributed by atoms with Gasteiger partial charge in [-0.1, -0.05) is 25.0 Å². The molecule has 0 amide bonds. The van der Waals surface area contributed by atoms with Gasteiger partial charge in [-0.3, -0.25) is 10.1 Å². The minimum Gasteiger partial charge on any atom is -0.330 e. The molecule has 1 fully saturated rings. The van der Waals surface area contributed by atoms with E-state index < -0.39 is 0 Å². The summed E-state index contributed by atoms with van der Waals surface area (Å²) in [6, 6.07) is 6.96. The molecule has 0 radical (unpaired) electrons. The lowest BCUT2D eigenvalue weighted by molar-refractivity contribution is -0.384. The Morgan fingerprint density at radius 2 is 1.88 bits per heavy atom. The minimum absolute atomic E-state index is 0.161. The minimum atomic E-state index is -0.356. The van der Waals surface area contributed by atoms with Crippen molar-refractivity contribution in [3.05, 3.63) is 39.9 Å². The number of rotatable bonds is 3. The number of nitro benzene ring substituents is 1. The van der Waals surface area contributed by atoms with Gasteiger partial charge < -0.3 is 5.73 Å². The van der Waals surface area contributed by atoms with Gasteiger partial charge in [0.1, 0.15) is 0 Å². The molecule has 2 atom stereocenters. The highest BCUT2D eigenvalue weighted by atomic mass is 16.6. The van der Waals surface area contributed by atoms with Gasteiger partial charge >= 0.3 is 0 Å². The largest absolute Gasteiger partial charge is 0.330 e. The molecule has 0 aliphatic heterocycles. The van der Waals surface area contributed by atoms with Crippen LogP contribution in [0.25, 0.3) is 0 Å². The van der Waals surface area contributed by atoms with Gasteiger partial charge in [-0.05, 0) is 36.8 Å². The van der Waals surface area contributed by atoms with Gasteiger partial charge in [-0.2, -0.15) is 0 Å². The predicted molar refractivity (Wildman–Crippen MR) is 66.8 cm³/mol. The molecular weight excluding hydrogens is 216 g/mol. The zero-order valence-corrected chi connectivity index (χ0v) is 9.84. The standard InChI is InChI=1S/C13H18N2O2/c14-9-11-3-1-2-4-13(11)10-5-7-12(8-6-10)15(16)17/h5-8,11,13H,1-4,9,14H2. The van der Waals surface area contributed by atoms with Crippen LogP contribution in [0.5, 0.6) is 0 Å². The maximum Gasteiger partial charge on any atom is 0.269 e. The van der Waals surface area contributed by atoms with Crippen LogP contribution in [0.3, 0.4) is 0 Å². The molecule has 2 unspecified atom stereocenters. The lowest BCUT2D eigenvalue weighted by Crippen LogP contribution is -2.25. The predicted octanol–water partition coefficient (Wildman–Crippen LogP) is 2.83. The number of nitro groups is 1. The first-order valence-electron chi connectivity index (χ1n) is 6.17. The maximum absolute atomic E-state index is 10.6. The molecule has 1 saturated carbocycles. The molecule has 1 aromatic rings. The Morgan fingerprint density at radius 3 is 2.47 bits per heavy atom. The summed E-state index contributed by atoms with van der Waals surface area (Å²) in [7, 11) is 0. The number of non-ortho nitro benzene ring substituents is 1. The first kappa shape index (κ1) is 12.0. The number of hydrogen-bond donors (Lipinski definition) is 1. The van der Waals surface area contributed by atoms with E-state index in [-0.39, 0.29) is 10.6 Å². The quantitative estimate of drug-likeness (QED) is 0.645. The zero-order chi connectivity index (χ0) is 12.3. The summed E-state index contributed by atoms with van der Waals surface area (Å²) < 4.78 is 0. The van der Waals surface area contributed by atoms with Crippen molar-refractivity contribution in [2.75, 3.05) is 6.54 Å². The van der Waals surface area contributed by atoms with Gasteiger partial charge in [0, 0.05) is 12.1 Å². The summed E-state index contributed by atoms with van der Waals surface area (Å²) in [6.45, 7) is 0.710. The monoisotopic (exact) mass is 234 g/mol. The van der Waals surface area contributed by atoms with Crippen LogP contribution in [0.2, 0.25) is 0 Å². The molecule has 0 heterocycles. The first-order chi connectivity index (χ1) is 8.22. The zero-order valence-electron chi connectivity index (χ0n) is 9.84. The van der Waals surface area contributed by atoms with E-state index in [0.717, 1.165) is 6.42 Å². The molecule has 1 aliphatic carbocycles. The smallest absolute Gasteiger partial charge is 0.269 e. The van der Waals surface area contributed by atoms with Crippen LogP contribution in [-0.4, -0.2) is 11.5 Å². The molecule has 2 N–H and O–H groups in total. The van der Waals surface area contributed by atoms with Crippen LogP contribution in [0.1, 0.15) is 37.2 Å². The van der Waals surface area contributed by atoms with E-state index in [0.29, 0.717) is 18.4 Å². The molecule has 17 heavy (non-hydrogen) atoms. The molecule has 2 rings (SSSR count). The van der Waals surface area contributed by atoms with Gasteiger partial charge in [0.2, 0.25) is 0 Å². The molecule has 4 heteroatoms. The molecule has 4 nitrogen and oxygen atoms in total. The SMILES string of the molecule is NCC1CCCCC1c1ccc([N+](=O)[O-])cc1. The summed E-state index contributed by atoms with van der Waals surface area (Å²) in [6.07, 6.45) is 4.82. The van der Waals surface area contributed by atoms with Crippen molar-refractivity contribution in [2.45, 2.75) is 31.6 Å². The van der Waals surface area contributed by atoms with E-state index in [9.17, 15) is 10.1 Å². The van der Waals surface area contributed by atoms with Crippen LogP contribution in [0, 0.1) is 16.0 Å². The third-order valence-corrected chi connectivity index (χ3v) is 3.74. The third-order valence-electron chi connectivity index (χ3n) is 3.74. The highest BCUT2D eigenvalue weighted by Gasteiger charge is 2.25. The second-order valence-electron chi connectivity index (χ2n) is 4.74. The molecule has 0 saturated heterocycles. The van der Waals surface area contributed by atoms with Gasteiger partial charge in [0.25, 0.3) is 5.69 Å². The van der Waals surface area contributed by atoms with Gasteiger partial charge in [0.15, 0.2) is 0 Å². The number of nitrogens with two attached hydrogens (primary N) is 1. The van der Waals surface area contributed by atoms with E-state index in [1.54, 1.807) is 12.1 Å². The van der Waals surface area contributed by atoms with Crippen LogP contribution in [0.4, 0.5) is 5.69 Å². The first-order valence-corrected chi connectivity index (χ1v) is 6.17. The Labute approximate surface area is 101 Å². The number of hydrogen-bond acceptors (Lipinski definition) is 3. The average molecular weight is 234 g/mol. The summed E-state index contributed by atoms with van der Waals surface area (Å²) in [5.41, 5.74) is 7.16. The Kier molecular flexibility index (Phi) is 3.74. The molecule has 1 aliphatic rings. The van der Waals surface area contributed by atoms with Gasteiger partial charge in [-0.15, -0.1) is 0 Å². The molecule has 92 valence electrons. The van der Waals surface area contributed by atoms with E-state index in [4.69, 9.17) is 5.73 Å². The van der Waals surface area contributed by atoms with Crippen molar-refractivity contribution in [1.29, 1.82) is 0 Å². The molecule has 0 bridgehead atoms. The Bertz CT molecular complexity index is 389. The lowest BCUT2D eigenvalue weighted by atomic mass is 9.75. The van der Waals surface area contributed by atoms with Crippen molar-refractivity contribution in [1.82, 2.24) is 0 Å². The highest BCUT2D eigenvalue weighted by molar-refractivity contribution is 5.34. The van der Waals surface area contributed by atoms with Crippen LogP contribution in [-0.2, 0) is 0 Å². The van der Waals surface area contributed by atoms with E-state index >= 15 is 0 Å². The van der Waals surface area contributed by atoms with Crippen molar-refractivity contribution >= 4 is 5.69 Å². The normalized spacial score (nSPS) is 24.5.